The Bertz CT molecular complexity index is 542. The van der Waals surface area contributed by atoms with Crippen molar-refractivity contribution in [3.05, 3.63) is 28.2 Å². The van der Waals surface area contributed by atoms with Crippen molar-refractivity contribution in [3.8, 4) is 0 Å². The molecular weight excluding hydrogens is 328 g/mol. The highest BCUT2D eigenvalue weighted by Gasteiger charge is 2.44. The molecule has 0 aromatic heterocycles. The summed E-state index contributed by atoms with van der Waals surface area (Å²) in [5.74, 6) is 0.463. The fraction of sp³-hybridized carbons (Fsp3) is 0.588. The van der Waals surface area contributed by atoms with Crippen molar-refractivity contribution in [3.63, 3.8) is 0 Å². The van der Waals surface area contributed by atoms with Gasteiger partial charge in [-0.25, -0.2) is 0 Å². The number of rotatable bonds is 2. The molecule has 1 aromatic carbocycles. The average Bonchev–Trinajstić information content (AvgIpc) is 2.40. The van der Waals surface area contributed by atoms with Gasteiger partial charge < -0.3 is 11.1 Å². The van der Waals surface area contributed by atoms with E-state index in [1.807, 2.05) is 25.1 Å². The van der Waals surface area contributed by atoms with E-state index >= 15 is 0 Å². The maximum Gasteiger partial charge on any atom is 0.228 e. The number of amides is 1. The fourth-order valence-electron chi connectivity index (χ4n) is 3.27. The zero-order valence-corrected chi connectivity index (χ0v) is 14.8. The lowest BCUT2D eigenvalue weighted by Crippen LogP contribution is -2.50. The summed E-state index contributed by atoms with van der Waals surface area (Å²) in [5, 5.41) is 3.07. The van der Waals surface area contributed by atoms with Crippen LogP contribution in [-0.4, -0.2) is 11.9 Å². The van der Waals surface area contributed by atoms with Crippen LogP contribution < -0.4 is 11.1 Å². The van der Waals surface area contributed by atoms with Gasteiger partial charge in [0.2, 0.25) is 5.91 Å². The van der Waals surface area contributed by atoms with Gasteiger partial charge in [0.05, 0.1) is 0 Å². The molecule has 21 heavy (non-hydrogen) atoms. The zero-order chi connectivity index (χ0) is 15.8. The van der Waals surface area contributed by atoms with Gasteiger partial charge in [0.15, 0.2) is 0 Å². The van der Waals surface area contributed by atoms with Gasteiger partial charge >= 0.3 is 0 Å². The van der Waals surface area contributed by atoms with E-state index in [0.717, 1.165) is 28.6 Å². The van der Waals surface area contributed by atoms with Gasteiger partial charge in [0, 0.05) is 22.1 Å². The molecular formula is C17H25BrN2O. The predicted molar refractivity (Wildman–Crippen MR) is 91.2 cm³/mol. The van der Waals surface area contributed by atoms with Gasteiger partial charge in [0.25, 0.3) is 0 Å². The number of carbonyl (C=O) groups is 1. The molecule has 1 saturated carbocycles. The highest BCUT2D eigenvalue weighted by molar-refractivity contribution is 9.10. The van der Waals surface area contributed by atoms with E-state index in [1.54, 1.807) is 0 Å². The number of carbonyl (C=O) groups excluding carboxylic acids is 1. The molecule has 3 N–H and O–H groups in total. The number of nitrogens with two attached hydrogens (primary N) is 1. The van der Waals surface area contributed by atoms with Gasteiger partial charge in [-0.1, -0.05) is 36.7 Å². The van der Waals surface area contributed by atoms with Crippen LogP contribution >= 0.6 is 15.9 Å². The molecule has 2 rings (SSSR count). The van der Waals surface area contributed by atoms with Crippen LogP contribution in [0.25, 0.3) is 0 Å². The first-order chi connectivity index (χ1) is 9.73. The fourth-order valence-corrected chi connectivity index (χ4v) is 3.52. The Balaban J connectivity index is 2.14. The number of hydrogen-bond acceptors (Lipinski definition) is 2. The van der Waals surface area contributed by atoms with E-state index in [9.17, 15) is 4.79 Å². The van der Waals surface area contributed by atoms with Gasteiger partial charge in [-0.2, -0.15) is 0 Å². The summed E-state index contributed by atoms with van der Waals surface area (Å²) in [4.78, 5) is 12.7. The molecule has 1 fully saturated rings. The van der Waals surface area contributed by atoms with Crippen molar-refractivity contribution in [2.45, 2.75) is 46.6 Å². The predicted octanol–water partition coefficient (Wildman–Crippen LogP) is 4.10. The molecule has 0 radical (unpaired) electrons. The molecule has 3 nitrogen and oxygen atoms in total. The Kier molecular flexibility index (Phi) is 4.79. The summed E-state index contributed by atoms with van der Waals surface area (Å²) in [6.07, 6.45) is 1.78. The van der Waals surface area contributed by atoms with Crippen LogP contribution in [0.4, 0.5) is 5.69 Å². The smallest absolute Gasteiger partial charge is 0.228 e. The number of halogens is 1. The topological polar surface area (TPSA) is 55.1 Å². The maximum absolute atomic E-state index is 12.7. The molecule has 116 valence electrons. The normalized spacial score (nSPS) is 28.2. The quantitative estimate of drug-likeness (QED) is 0.841. The average molecular weight is 353 g/mol. The minimum Gasteiger partial charge on any atom is -0.327 e. The molecule has 1 aromatic rings. The first kappa shape index (κ1) is 16.5. The van der Waals surface area contributed by atoms with Crippen molar-refractivity contribution < 1.29 is 4.79 Å². The molecule has 1 aliphatic carbocycles. The number of benzene rings is 1. The second-order valence-electron chi connectivity index (χ2n) is 6.86. The molecule has 1 aliphatic rings. The third kappa shape index (κ3) is 3.32. The highest BCUT2D eigenvalue weighted by atomic mass is 79.9. The summed E-state index contributed by atoms with van der Waals surface area (Å²) in [6.45, 7) is 8.50. The number of hydrogen-bond donors (Lipinski definition) is 2. The van der Waals surface area contributed by atoms with Crippen LogP contribution in [0.1, 0.15) is 39.2 Å². The molecule has 0 aliphatic heterocycles. The van der Waals surface area contributed by atoms with Crippen molar-refractivity contribution in [1.29, 1.82) is 0 Å². The van der Waals surface area contributed by atoms with Crippen LogP contribution in [-0.2, 0) is 4.79 Å². The number of aryl methyl sites for hydroxylation is 1. The number of anilines is 1. The summed E-state index contributed by atoms with van der Waals surface area (Å²) >= 11 is 3.48. The Labute approximate surface area is 135 Å². The van der Waals surface area contributed by atoms with Gasteiger partial charge in [-0.05, 0) is 54.9 Å². The second kappa shape index (κ2) is 6.09. The molecule has 0 saturated heterocycles. The van der Waals surface area contributed by atoms with Crippen LogP contribution in [0.5, 0.6) is 0 Å². The van der Waals surface area contributed by atoms with E-state index in [4.69, 9.17) is 5.73 Å². The summed E-state index contributed by atoms with van der Waals surface area (Å²) in [7, 11) is 0. The lowest BCUT2D eigenvalue weighted by Gasteiger charge is -2.46. The highest BCUT2D eigenvalue weighted by Crippen LogP contribution is 2.44. The van der Waals surface area contributed by atoms with Gasteiger partial charge in [-0.3, -0.25) is 4.79 Å². The molecule has 0 heterocycles. The van der Waals surface area contributed by atoms with Gasteiger partial charge in [0.1, 0.15) is 0 Å². The molecule has 0 bridgehead atoms. The molecule has 4 heteroatoms. The lowest BCUT2D eigenvalue weighted by molar-refractivity contribution is -0.127. The molecule has 1 amide bonds. The zero-order valence-electron chi connectivity index (χ0n) is 13.2. The van der Waals surface area contributed by atoms with Gasteiger partial charge in [-0.15, -0.1) is 0 Å². The molecule has 0 spiro atoms. The van der Waals surface area contributed by atoms with E-state index in [1.165, 1.54) is 0 Å². The number of nitrogens with one attached hydrogen (secondary N) is 1. The second-order valence-corrected chi connectivity index (χ2v) is 7.71. The van der Waals surface area contributed by atoms with E-state index in [2.05, 4.69) is 42.0 Å². The summed E-state index contributed by atoms with van der Waals surface area (Å²) in [5.41, 5.74) is 8.07. The Morgan fingerprint density at radius 1 is 1.38 bits per heavy atom. The summed E-state index contributed by atoms with van der Waals surface area (Å²) in [6, 6.07) is 6.08. The standard InChI is InChI=1S/C17H25BrN2O/c1-10-9-12(5-7-14(10)18)20-16(21)13-6-8-15(19)11(2)17(13,3)4/h5,7,9,11,13,15H,6,8,19H2,1-4H3,(H,20,21). The van der Waals surface area contributed by atoms with E-state index in [0.29, 0.717) is 5.92 Å². The third-order valence-electron chi connectivity index (χ3n) is 5.24. The third-order valence-corrected chi connectivity index (χ3v) is 6.13. The van der Waals surface area contributed by atoms with Crippen LogP contribution in [0, 0.1) is 24.2 Å². The van der Waals surface area contributed by atoms with Crippen molar-refractivity contribution in [2.75, 3.05) is 5.32 Å². The first-order valence-corrected chi connectivity index (χ1v) is 8.35. The largest absolute Gasteiger partial charge is 0.327 e. The van der Waals surface area contributed by atoms with Crippen LogP contribution in [0.15, 0.2) is 22.7 Å². The Morgan fingerprint density at radius 3 is 2.67 bits per heavy atom. The molecule has 3 atom stereocenters. The van der Waals surface area contributed by atoms with Crippen molar-refractivity contribution >= 4 is 27.5 Å². The maximum atomic E-state index is 12.7. The molecule has 3 unspecified atom stereocenters. The Hall–Kier alpha value is -0.870. The van der Waals surface area contributed by atoms with Crippen LogP contribution in [0.3, 0.4) is 0 Å². The van der Waals surface area contributed by atoms with Crippen LogP contribution in [0.2, 0.25) is 0 Å². The Morgan fingerprint density at radius 2 is 2.05 bits per heavy atom. The minimum absolute atomic E-state index is 0.0104. The van der Waals surface area contributed by atoms with Crippen molar-refractivity contribution in [1.82, 2.24) is 0 Å². The van der Waals surface area contributed by atoms with E-state index < -0.39 is 0 Å². The monoisotopic (exact) mass is 352 g/mol. The first-order valence-electron chi connectivity index (χ1n) is 7.56. The lowest BCUT2D eigenvalue weighted by atomic mass is 9.61. The SMILES string of the molecule is Cc1cc(NC(=O)C2CCC(N)C(C)C2(C)C)ccc1Br. The van der Waals surface area contributed by atoms with Crippen molar-refractivity contribution in [2.24, 2.45) is 23.0 Å². The van der Waals surface area contributed by atoms with E-state index in [-0.39, 0.29) is 23.3 Å². The minimum atomic E-state index is -0.0772. The summed E-state index contributed by atoms with van der Waals surface area (Å²) < 4.78 is 1.05.